The molecule has 1 heterocycles. The number of hydrogen-bond acceptors (Lipinski definition) is 4. The van der Waals surface area contributed by atoms with Crippen molar-refractivity contribution < 1.29 is 8.42 Å². The molecule has 1 aromatic rings. The summed E-state index contributed by atoms with van der Waals surface area (Å²) in [7, 11) is -2.86. The van der Waals surface area contributed by atoms with Crippen LogP contribution >= 0.6 is 0 Å². The van der Waals surface area contributed by atoms with Crippen molar-refractivity contribution in [1.29, 1.82) is 0 Å². The van der Waals surface area contributed by atoms with Gasteiger partial charge in [0.25, 0.3) is 0 Å². The Kier molecular flexibility index (Phi) is 6.23. The Labute approximate surface area is 141 Å². The zero-order valence-electron chi connectivity index (χ0n) is 14.8. The van der Waals surface area contributed by atoms with E-state index >= 15 is 0 Å². The Morgan fingerprint density at radius 3 is 2.26 bits per heavy atom. The molecule has 5 heteroatoms. The Hall–Kier alpha value is -0.910. The van der Waals surface area contributed by atoms with Gasteiger partial charge in [-0.05, 0) is 52.3 Å². The van der Waals surface area contributed by atoms with E-state index in [-0.39, 0.29) is 5.75 Å². The second-order valence-electron chi connectivity index (χ2n) is 7.06. The summed E-state index contributed by atoms with van der Waals surface area (Å²) in [4.78, 5) is 2.26. The van der Waals surface area contributed by atoms with Gasteiger partial charge in [0.1, 0.15) is 9.84 Å². The molecule has 0 amide bonds. The zero-order valence-corrected chi connectivity index (χ0v) is 15.6. The smallest absolute Gasteiger partial charge is 0.148 e. The number of piperidine rings is 1. The molecule has 1 aromatic carbocycles. The van der Waals surface area contributed by atoms with Crippen molar-refractivity contribution in [2.24, 2.45) is 0 Å². The molecule has 1 aliphatic rings. The fourth-order valence-electron chi connectivity index (χ4n) is 3.33. The molecule has 1 unspecified atom stereocenters. The minimum absolute atomic E-state index is 0.268. The maximum Gasteiger partial charge on any atom is 0.148 e. The Morgan fingerprint density at radius 2 is 1.74 bits per heavy atom. The van der Waals surface area contributed by atoms with Gasteiger partial charge in [0, 0.05) is 24.9 Å². The van der Waals surface area contributed by atoms with Gasteiger partial charge in [-0.15, -0.1) is 0 Å². The maximum absolute atomic E-state index is 11.3. The van der Waals surface area contributed by atoms with Crippen molar-refractivity contribution >= 4 is 9.84 Å². The predicted molar refractivity (Wildman–Crippen MR) is 96.6 cm³/mol. The van der Waals surface area contributed by atoms with Crippen molar-refractivity contribution in [3.05, 3.63) is 34.9 Å². The van der Waals surface area contributed by atoms with Crippen LogP contribution in [0.2, 0.25) is 0 Å². The minimum Gasteiger partial charge on any atom is -0.307 e. The molecule has 23 heavy (non-hydrogen) atoms. The summed E-state index contributed by atoms with van der Waals surface area (Å²) in [6.45, 7) is 9.13. The van der Waals surface area contributed by atoms with Crippen LogP contribution in [0.3, 0.4) is 0 Å². The van der Waals surface area contributed by atoms with Gasteiger partial charge in [0.05, 0.1) is 5.75 Å². The fourth-order valence-corrected chi connectivity index (χ4v) is 3.92. The molecule has 2 rings (SSSR count). The Balaban J connectivity index is 1.81. The lowest BCUT2D eigenvalue weighted by Gasteiger charge is -2.34. The molecule has 1 fully saturated rings. The number of likely N-dealkylation sites (tertiary alicyclic amines) is 1. The van der Waals surface area contributed by atoms with Crippen molar-refractivity contribution in [2.45, 2.75) is 45.7 Å². The van der Waals surface area contributed by atoms with E-state index in [1.165, 1.54) is 22.9 Å². The van der Waals surface area contributed by atoms with Gasteiger partial charge < -0.3 is 10.2 Å². The third kappa shape index (κ3) is 6.24. The van der Waals surface area contributed by atoms with Gasteiger partial charge in [-0.25, -0.2) is 8.42 Å². The molecule has 130 valence electrons. The Morgan fingerprint density at radius 1 is 1.17 bits per heavy atom. The summed E-state index contributed by atoms with van der Waals surface area (Å²) in [5.41, 5.74) is 3.97. The summed E-state index contributed by atoms with van der Waals surface area (Å²) < 4.78 is 22.5. The zero-order chi connectivity index (χ0) is 17.0. The van der Waals surface area contributed by atoms with Gasteiger partial charge in [-0.3, -0.25) is 0 Å². The van der Waals surface area contributed by atoms with Crippen LogP contribution in [-0.4, -0.2) is 51.0 Å². The highest BCUT2D eigenvalue weighted by molar-refractivity contribution is 7.90. The summed E-state index contributed by atoms with van der Waals surface area (Å²) in [6, 6.07) is 7.58. The van der Waals surface area contributed by atoms with Crippen molar-refractivity contribution in [3.63, 3.8) is 0 Å². The Bertz CT molecular complexity index is 600. The second kappa shape index (κ2) is 7.77. The van der Waals surface area contributed by atoms with E-state index in [2.05, 4.69) is 49.2 Å². The van der Waals surface area contributed by atoms with E-state index in [9.17, 15) is 8.42 Å². The molecule has 0 bridgehead atoms. The molecular formula is C18H30N2O2S. The SMILES string of the molecule is Cc1cc(C)cc(C(C)NC2CCN(CCS(C)(=O)=O)CC2)c1. The molecule has 1 saturated heterocycles. The van der Waals surface area contributed by atoms with Crippen LogP contribution in [0.15, 0.2) is 18.2 Å². The van der Waals surface area contributed by atoms with Crippen LogP contribution in [0.5, 0.6) is 0 Å². The minimum atomic E-state index is -2.86. The van der Waals surface area contributed by atoms with E-state index in [1.54, 1.807) is 0 Å². The average Bonchev–Trinajstić information content (AvgIpc) is 2.44. The van der Waals surface area contributed by atoms with Gasteiger partial charge in [0.2, 0.25) is 0 Å². The maximum atomic E-state index is 11.3. The normalized spacial score (nSPS) is 19.0. The largest absolute Gasteiger partial charge is 0.307 e. The van der Waals surface area contributed by atoms with Crippen molar-refractivity contribution in [3.8, 4) is 0 Å². The first-order valence-corrected chi connectivity index (χ1v) is 10.5. The van der Waals surface area contributed by atoms with E-state index in [1.807, 2.05) is 0 Å². The summed E-state index contributed by atoms with van der Waals surface area (Å²) in [5.74, 6) is 0.268. The van der Waals surface area contributed by atoms with Crippen molar-refractivity contribution in [2.75, 3.05) is 31.6 Å². The van der Waals surface area contributed by atoms with E-state index in [0.29, 0.717) is 18.6 Å². The number of nitrogens with zero attached hydrogens (tertiary/aromatic N) is 1. The predicted octanol–water partition coefficient (Wildman–Crippen LogP) is 2.46. The first-order valence-electron chi connectivity index (χ1n) is 8.47. The number of benzene rings is 1. The summed E-state index contributed by atoms with van der Waals surface area (Å²) >= 11 is 0. The average molecular weight is 339 g/mol. The summed E-state index contributed by atoms with van der Waals surface area (Å²) in [5, 5.41) is 3.74. The van der Waals surface area contributed by atoms with Crippen LogP contribution in [0, 0.1) is 13.8 Å². The molecule has 1 N–H and O–H groups in total. The summed E-state index contributed by atoms with van der Waals surface area (Å²) in [6.07, 6.45) is 3.48. The van der Waals surface area contributed by atoms with Crippen LogP contribution in [-0.2, 0) is 9.84 Å². The van der Waals surface area contributed by atoms with Gasteiger partial charge in [0.15, 0.2) is 0 Å². The number of hydrogen-bond donors (Lipinski definition) is 1. The van der Waals surface area contributed by atoms with Crippen LogP contribution in [0.4, 0.5) is 0 Å². The topological polar surface area (TPSA) is 49.4 Å². The van der Waals surface area contributed by atoms with Gasteiger partial charge >= 0.3 is 0 Å². The van der Waals surface area contributed by atoms with E-state index in [4.69, 9.17) is 0 Å². The molecule has 1 aliphatic heterocycles. The lowest BCUT2D eigenvalue weighted by Crippen LogP contribution is -2.44. The van der Waals surface area contributed by atoms with Crippen LogP contribution < -0.4 is 5.32 Å². The van der Waals surface area contributed by atoms with Crippen LogP contribution in [0.25, 0.3) is 0 Å². The number of sulfone groups is 1. The standard InChI is InChI=1S/C18H30N2O2S/c1-14-11-15(2)13-17(12-14)16(3)19-18-5-7-20(8-6-18)9-10-23(4,21)22/h11-13,16,18-19H,5-10H2,1-4H3. The molecule has 0 spiro atoms. The quantitative estimate of drug-likeness (QED) is 0.866. The lowest BCUT2D eigenvalue weighted by atomic mass is 9.99. The molecular weight excluding hydrogens is 308 g/mol. The lowest BCUT2D eigenvalue weighted by molar-refractivity contribution is 0.201. The third-order valence-electron chi connectivity index (χ3n) is 4.60. The first-order chi connectivity index (χ1) is 10.7. The number of nitrogens with one attached hydrogen (secondary N) is 1. The monoisotopic (exact) mass is 338 g/mol. The highest BCUT2D eigenvalue weighted by Gasteiger charge is 2.21. The van der Waals surface area contributed by atoms with Gasteiger partial charge in [-0.1, -0.05) is 29.3 Å². The third-order valence-corrected chi connectivity index (χ3v) is 5.52. The van der Waals surface area contributed by atoms with Crippen molar-refractivity contribution in [1.82, 2.24) is 10.2 Å². The first kappa shape index (κ1) is 18.4. The molecule has 0 saturated carbocycles. The highest BCUT2D eigenvalue weighted by Crippen LogP contribution is 2.20. The molecule has 0 aliphatic carbocycles. The van der Waals surface area contributed by atoms with E-state index in [0.717, 1.165) is 25.9 Å². The van der Waals surface area contributed by atoms with E-state index < -0.39 is 9.84 Å². The molecule has 4 nitrogen and oxygen atoms in total. The van der Waals surface area contributed by atoms with Gasteiger partial charge in [-0.2, -0.15) is 0 Å². The fraction of sp³-hybridized carbons (Fsp3) is 0.667. The molecule has 1 atom stereocenters. The second-order valence-corrected chi connectivity index (χ2v) is 9.31. The molecule has 0 radical (unpaired) electrons. The number of rotatable bonds is 6. The molecule has 0 aromatic heterocycles. The highest BCUT2D eigenvalue weighted by atomic mass is 32.2. The van der Waals surface area contributed by atoms with Crippen LogP contribution in [0.1, 0.15) is 42.5 Å². The number of aryl methyl sites for hydroxylation is 2.